The number of fused-ring (bicyclic) bond motifs is 1. The van der Waals surface area contributed by atoms with E-state index in [1.54, 1.807) is 19.3 Å². The third kappa shape index (κ3) is 4.85. The summed E-state index contributed by atoms with van der Waals surface area (Å²) in [6, 6.07) is 1.16. The predicted molar refractivity (Wildman–Crippen MR) is 110 cm³/mol. The lowest BCUT2D eigenvalue weighted by atomic mass is 10.1. The van der Waals surface area contributed by atoms with Gasteiger partial charge < -0.3 is 15.6 Å². The molecule has 3 N–H and O–H groups in total. The van der Waals surface area contributed by atoms with E-state index in [1.807, 2.05) is 22.6 Å². The second kappa shape index (κ2) is 9.59. The molecule has 150 valence electrons. The smallest absolute Gasteiger partial charge is 0.237 e. The van der Waals surface area contributed by atoms with Crippen LogP contribution in [0.3, 0.4) is 0 Å². The SMILES string of the molecule is C[C@@H](C(=O)NCc1cnc2c(c1)c(Cl)cn2C)N1CCCC1C(N)=O.Cl.Cl. The van der Waals surface area contributed by atoms with Gasteiger partial charge in [-0.1, -0.05) is 11.6 Å². The molecule has 1 fully saturated rings. The van der Waals surface area contributed by atoms with Crippen molar-refractivity contribution in [3.8, 4) is 0 Å². The van der Waals surface area contributed by atoms with Crippen LogP contribution >= 0.6 is 36.4 Å². The van der Waals surface area contributed by atoms with Crippen molar-refractivity contribution >= 4 is 59.3 Å². The van der Waals surface area contributed by atoms with Gasteiger partial charge in [-0.05, 0) is 37.9 Å². The summed E-state index contributed by atoms with van der Waals surface area (Å²) >= 11 is 6.20. The largest absolute Gasteiger partial charge is 0.368 e. The Bertz CT molecular complexity index is 826. The number of amides is 2. The molecule has 1 aliphatic rings. The van der Waals surface area contributed by atoms with Crippen LogP contribution in [0.4, 0.5) is 0 Å². The number of likely N-dealkylation sites (tertiary alicyclic amines) is 1. The van der Waals surface area contributed by atoms with Gasteiger partial charge >= 0.3 is 0 Å². The van der Waals surface area contributed by atoms with Crippen molar-refractivity contribution in [3.63, 3.8) is 0 Å². The Morgan fingerprint density at radius 2 is 2.15 bits per heavy atom. The number of pyridine rings is 1. The first-order valence-electron chi connectivity index (χ1n) is 8.30. The fourth-order valence-corrected chi connectivity index (χ4v) is 3.69. The molecule has 1 aliphatic heterocycles. The van der Waals surface area contributed by atoms with Crippen LogP contribution in [-0.4, -0.2) is 44.9 Å². The number of carbonyl (C=O) groups is 2. The van der Waals surface area contributed by atoms with Gasteiger partial charge in [0.25, 0.3) is 0 Å². The van der Waals surface area contributed by atoms with Gasteiger partial charge in [-0.25, -0.2) is 4.98 Å². The van der Waals surface area contributed by atoms with Crippen molar-refractivity contribution in [2.75, 3.05) is 6.54 Å². The standard InChI is InChI=1S/C17H22ClN5O2.2ClH/c1-10(23-5-3-4-14(23)15(19)24)17(25)21-8-11-6-12-13(18)9-22(2)16(12)20-7-11;;/h6-7,9-10,14H,3-5,8H2,1-2H3,(H2,19,24)(H,21,25);2*1H/t10-,14?;;/m0../s1. The highest BCUT2D eigenvalue weighted by Gasteiger charge is 2.35. The molecule has 2 amide bonds. The van der Waals surface area contributed by atoms with Crippen LogP contribution < -0.4 is 11.1 Å². The lowest BCUT2D eigenvalue weighted by Crippen LogP contribution is -2.50. The van der Waals surface area contributed by atoms with Crippen molar-refractivity contribution in [2.45, 2.75) is 38.4 Å². The van der Waals surface area contributed by atoms with E-state index in [2.05, 4.69) is 10.3 Å². The lowest BCUT2D eigenvalue weighted by molar-refractivity contribution is -0.129. The molecule has 3 heterocycles. The molecule has 0 aromatic carbocycles. The summed E-state index contributed by atoms with van der Waals surface area (Å²) in [7, 11) is 1.88. The van der Waals surface area contributed by atoms with E-state index in [0.29, 0.717) is 24.5 Å². The maximum Gasteiger partial charge on any atom is 0.237 e. The second-order valence-corrected chi connectivity index (χ2v) is 6.90. The molecule has 0 spiro atoms. The van der Waals surface area contributed by atoms with E-state index in [9.17, 15) is 9.59 Å². The number of hydrogen-bond acceptors (Lipinski definition) is 4. The van der Waals surface area contributed by atoms with Crippen LogP contribution in [0.2, 0.25) is 5.02 Å². The second-order valence-electron chi connectivity index (χ2n) is 6.49. The van der Waals surface area contributed by atoms with Gasteiger partial charge in [0.2, 0.25) is 11.8 Å². The van der Waals surface area contributed by atoms with E-state index < -0.39 is 6.04 Å². The van der Waals surface area contributed by atoms with Gasteiger partial charge in [-0.15, -0.1) is 24.8 Å². The molecule has 0 bridgehead atoms. The normalized spacial score (nSPS) is 17.8. The first-order chi connectivity index (χ1) is 11.9. The van der Waals surface area contributed by atoms with E-state index in [-0.39, 0.29) is 42.7 Å². The highest BCUT2D eigenvalue weighted by atomic mass is 35.5. The van der Waals surface area contributed by atoms with Gasteiger partial charge in [0.1, 0.15) is 5.65 Å². The summed E-state index contributed by atoms with van der Waals surface area (Å²) in [4.78, 5) is 30.2. The number of nitrogens with one attached hydrogen (secondary N) is 1. The van der Waals surface area contributed by atoms with Crippen molar-refractivity contribution in [1.29, 1.82) is 0 Å². The molecule has 2 aromatic rings. The molecule has 0 radical (unpaired) electrons. The number of aromatic nitrogens is 2. The Morgan fingerprint density at radius 3 is 2.81 bits per heavy atom. The summed E-state index contributed by atoms with van der Waals surface area (Å²) in [5.74, 6) is -0.502. The van der Waals surface area contributed by atoms with E-state index in [0.717, 1.165) is 23.0 Å². The van der Waals surface area contributed by atoms with E-state index in [1.165, 1.54) is 0 Å². The van der Waals surface area contributed by atoms with Gasteiger partial charge in [0, 0.05) is 31.4 Å². The minimum absolute atomic E-state index is 0. The minimum atomic E-state index is -0.406. The Morgan fingerprint density at radius 1 is 1.44 bits per heavy atom. The molecule has 0 aliphatic carbocycles. The fraction of sp³-hybridized carbons (Fsp3) is 0.471. The molecule has 10 heteroatoms. The zero-order valence-corrected chi connectivity index (χ0v) is 17.5. The fourth-order valence-electron chi connectivity index (χ4n) is 3.40. The molecule has 1 saturated heterocycles. The average Bonchev–Trinajstić information content (AvgIpc) is 3.17. The van der Waals surface area contributed by atoms with Crippen molar-refractivity contribution in [2.24, 2.45) is 12.8 Å². The van der Waals surface area contributed by atoms with Crippen LogP contribution in [0.5, 0.6) is 0 Å². The van der Waals surface area contributed by atoms with Crippen LogP contribution in [0.1, 0.15) is 25.3 Å². The number of primary amides is 1. The molecule has 27 heavy (non-hydrogen) atoms. The monoisotopic (exact) mass is 435 g/mol. The molecule has 3 rings (SSSR count). The Labute approximate surface area is 175 Å². The van der Waals surface area contributed by atoms with Gasteiger partial charge in [0.05, 0.1) is 17.1 Å². The molecular weight excluding hydrogens is 413 g/mol. The molecule has 2 atom stereocenters. The number of aryl methyl sites for hydroxylation is 1. The quantitative estimate of drug-likeness (QED) is 0.750. The summed E-state index contributed by atoms with van der Waals surface area (Å²) in [5, 5.41) is 4.39. The Kier molecular flexibility index (Phi) is 8.35. The molecular formula is C17H24Cl3N5O2. The highest BCUT2D eigenvalue weighted by molar-refractivity contribution is 6.35. The number of nitrogens with two attached hydrogens (primary N) is 1. The molecule has 0 saturated carbocycles. The Hall–Kier alpha value is -1.54. The maximum absolute atomic E-state index is 12.5. The average molecular weight is 437 g/mol. The third-order valence-electron chi connectivity index (χ3n) is 4.79. The van der Waals surface area contributed by atoms with Crippen molar-refractivity contribution in [3.05, 3.63) is 29.0 Å². The lowest BCUT2D eigenvalue weighted by Gasteiger charge is -2.27. The van der Waals surface area contributed by atoms with Crippen LogP contribution in [-0.2, 0) is 23.2 Å². The zero-order chi connectivity index (χ0) is 18.1. The maximum atomic E-state index is 12.5. The van der Waals surface area contributed by atoms with E-state index >= 15 is 0 Å². The predicted octanol–water partition coefficient (Wildman–Crippen LogP) is 2.02. The van der Waals surface area contributed by atoms with Crippen molar-refractivity contribution in [1.82, 2.24) is 19.8 Å². The first kappa shape index (κ1) is 23.5. The molecule has 7 nitrogen and oxygen atoms in total. The zero-order valence-electron chi connectivity index (χ0n) is 15.1. The number of rotatable bonds is 5. The number of nitrogens with zero attached hydrogens (tertiary/aromatic N) is 3. The Balaban J connectivity index is 0.00000182. The summed E-state index contributed by atoms with van der Waals surface area (Å²) in [6.07, 6.45) is 5.12. The highest BCUT2D eigenvalue weighted by Crippen LogP contribution is 2.24. The summed E-state index contributed by atoms with van der Waals surface area (Å²) in [6.45, 7) is 2.86. The first-order valence-corrected chi connectivity index (χ1v) is 8.68. The number of hydrogen-bond donors (Lipinski definition) is 2. The minimum Gasteiger partial charge on any atom is -0.368 e. The molecule has 1 unspecified atom stereocenters. The van der Waals surface area contributed by atoms with Crippen molar-refractivity contribution < 1.29 is 9.59 Å². The number of carbonyl (C=O) groups excluding carboxylic acids is 2. The summed E-state index contributed by atoms with van der Waals surface area (Å²) in [5.41, 5.74) is 7.10. The van der Waals surface area contributed by atoms with Gasteiger partial charge in [-0.2, -0.15) is 0 Å². The van der Waals surface area contributed by atoms with Crippen LogP contribution in [0.25, 0.3) is 11.0 Å². The third-order valence-corrected chi connectivity index (χ3v) is 5.09. The number of halogens is 3. The summed E-state index contributed by atoms with van der Waals surface area (Å²) < 4.78 is 1.86. The molecule has 2 aromatic heterocycles. The van der Waals surface area contributed by atoms with E-state index in [4.69, 9.17) is 17.3 Å². The van der Waals surface area contributed by atoms with Crippen LogP contribution in [0, 0.1) is 0 Å². The van der Waals surface area contributed by atoms with Gasteiger partial charge in [0.15, 0.2) is 0 Å². The van der Waals surface area contributed by atoms with Gasteiger partial charge in [-0.3, -0.25) is 14.5 Å². The topological polar surface area (TPSA) is 93.2 Å². The van der Waals surface area contributed by atoms with Crippen LogP contribution in [0.15, 0.2) is 18.5 Å².